The number of nitrogens with one attached hydrogen (secondary N) is 2. The smallest absolute Gasteiger partial charge is 0.0708 e. The molecule has 3 nitrogen and oxygen atoms in total. The molecule has 74 valence electrons. The van der Waals surface area contributed by atoms with E-state index in [1.165, 1.54) is 0 Å². The summed E-state index contributed by atoms with van der Waals surface area (Å²) in [6.07, 6.45) is 0. The third kappa shape index (κ3) is 3.00. The lowest BCUT2D eigenvalue weighted by molar-refractivity contribution is 0.264. The third-order valence-electron chi connectivity index (χ3n) is 1.74. The van der Waals surface area contributed by atoms with Crippen molar-refractivity contribution in [1.82, 2.24) is 0 Å². The molecule has 0 aliphatic carbocycles. The van der Waals surface area contributed by atoms with Crippen LogP contribution < -0.4 is 11.0 Å². The number of rotatable bonds is 4. The lowest BCUT2D eigenvalue weighted by Gasteiger charge is -2.07. The van der Waals surface area contributed by atoms with Crippen molar-refractivity contribution in [3.05, 3.63) is 60.7 Å². The third-order valence-corrected chi connectivity index (χ3v) is 1.74. The minimum Gasteiger partial charge on any atom is -0.242 e. The molecule has 3 heteroatoms. The van der Waals surface area contributed by atoms with Crippen molar-refractivity contribution >= 4 is 11.4 Å². The van der Waals surface area contributed by atoms with Crippen LogP contribution in [0.3, 0.4) is 0 Å². The van der Waals surface area contributed by atoms with Crippen LogP contribution in [0, 0.1) is 12.1 Å². The summed E-state index contributed by atoms with van der Waals surface area (Å²) >= 11 is 0. The largest absolute Gasteiger partial charge is 0.242 e. The SMILES string of the molecule is [c]1ccccc1NONc1[c]cccc1. The average Bonchev–Trinajstić information content (AvgIpc) is 2.32. The Labute approximate surface area is 88.6 Å². The molecule has 15 heavy (non-hydrogen) atoms. The molecule has 2 aromatic carbocycles. The van der Waals surface area contributed by atoms with Crippen LogP contribution in [-0.2, 0) is 4.94 Å². The molecular weight excluding hydrogens is 188 g/mol. The highest BCUT2D eigenvalue weighted by Gasteiger charge is 1.90. The van der Waals surface area contributed by atoms with E-state index in [4.69, 9.17) is 4.94 Å². The molecule has 0 bridgehead atoms. The molecule has 0 aromatic heterocycles. The van der Waals surface area contributed by atoms with Crippen LogP contribution in [0.2, 0.25) is 0 Å². The molecule has 2 radical (unpaired) electrons. The van der Waals surface area contributed by atoms with Gasteiger partial charge in [0.2, 0.25) is 0 Å². The van der Waals surface area contributed by atoms with Crippen molar-refractivity contribution in [2.75, 3.05) is 11.0 Å². The molecule has 0 fully saturated rings. The maximum Gasteiger partial charge on any atom is 0.0708 e. The molecule has 0 spiro atoms. The van der Waals surface area contributed by atoms with E-state index in [1.807, 2.05) is 36.4 Å². The van der Waals surface area contributed by atoms with Gasteiger partial charge < -0.3 is 0 Å². The van der Waals surface area contributed by atoms with Crippen molar-refractivity contribution < 1.29 is 4.94 Å². The predicted molar refractivity (Wildman–Crippen MR) is 58.9 cm³/mol. The van der Waals surface area contributed by atoms with Gasteiger partial charge in [-0.05, 0) is 12.1 Å². The Morgan fingerprint density at radius 2 is 1.33 bits per heavy atom. The van der Waals surface area contributed by atoms with Crippen LogP contribution in [0.15, 0.2) is 48.5 Å². The molecule has 0 unspecified atom stereocenters. The number of benzene rings is 2. The molecule has 2 N–H and O–H groups in total. The van der Waals surface area contributed by atoms with Crippen molar-refractivity contribution in [3.63, 3.8) is 0 Å². The molecule has 0 amide bonds. The Morgan fingerprint density at radius 3 is 1.73 bits per heavy atom. The molecule has 0 heterocycles. The summed E-state index contributed by atoms with van der Waals surface area (Å²) in [6.45, 7) is 0. The van der Waals surface area contributed by atoms with E-state index in [9.17, 15) is 0 Å². The first-order chi connectivity index (χ1) is 7.45. The maximum absolute atomic E-state index is 5.04. The van der Waals surface area contributed by atoms with Gasteiger partial charge in [0.15, 0.2) is 0 Å². The van der Waals surface area contributed by atoms with Gasteiger partial charge in [-0.2, -0.15) is 4.94 Å². The molecule has 0 atom stereocenters. The molecule has 2 rings (SSSR count). The molecule has 0 aliphatic heterocycles. The summed E-state index contributed by atoms with van der Waals surface area (Å²) in [5.74, 6) is 0. The summed E-state index contributed by atoms with van der Waals surface area (Å²) in [7, 11) is 0. The van der Waals surface area contributed by atoms with Gasteiger partial charge in [-0.1, -0.05) is 36.4 Å². The number of para-hydroxylation sites is 2. The summed E-state index contributed by atoms with van der Waals surface area (Å²) in [4.78, 5) is 5.04. The molecule has 2 aromatic rings. The van der Waals surface area contributed by atoms with Gasteiger partial charge in [0.25, 0.3) is 0 Å². The van der Waals surface area contributed by atoms with Gasteiger partial charge in [0.1, 0.15) is 0 Å². The first-order valence-corrected chi connectivity index (χ1v) is 4.56. The van der Waals surface area contributed by atoms with Crippen molar-refractivity contribution in [3.8, 4) is 0 Å². The fourth-order valence-corrected chi connectivity index (χ4v) is 1.05. The van der Waals surface area contributed by atoms with Crippen LogP contribution in [0.5, 0.6) is 0 Å². The second-order valence-corrected chi connectivity index (χ2v) is 2.86. The molecule has 0 saturated heterocycles. The zero-order valence-corrected chi connectivity index (χ0v) is 8.03. The fraction of sp³-hybridized carbons (Fsp3) is 0. The monoisotopic (exact) mass is 198 g/mol. The van der Waals surface area contributed by atoms with Crippen molar-refractivity contribution in [1.29, 1.82) is 0 Å². The Bertz CT molecular complexity index is 349. The normalized spacial score (nSPS) is 9.60. The Hall–Kier alpha value is -2.00. The van der Waals surface area contributed by atoms with Gasteiger partial charge in [0.05, 0.1) is 11.4 Å². The van der Waals surface area contributed by atoms with E-state index in [0.717, 1.165) is 11.4 Å². The lowest BCUT2D eigenvalue weighted by atomic mass is 10.3. The quantitative estimate of drug-likeness (QED) is 0.741. The molecule has 0 aliphatic rings. The molecule has 0 saturated carbocycles. The average molecular weight is 198 g/mol. The van der Waals surface area contributed by atoms with Gasteiger partial charge in [-0.15, -0.1) is 0 Å². The van der Waals surface area contributed by atoms with E-state index >= 15 is 0 Å². The lowest BCUT2D eigenvalue weighted by Crippen LogP contribution is -2.07. The van der Waals surface area contributed by atoms with Gasteiger partial charge >= 0.3 is 0 Å². The highest BCUT2D eigenvalue weighted by Crippen LogP contribution is 2.06. The summed E-state index contributed by atoms with van der Waals surface area (Å²) < 4.78 is 0. The van der Waals surface area contributed by atoms with Crippen LogP contribution in [0.4, 0.5) is 11.4 Å². The Morgan fingerprint density at radius 1 is 0.800 bits per heavy atom. The summed E-state index contributed by atoms with van der Waals surface area (Å²) in [5.41, 5.74) is 6.94. The summed E-state index contributed by atoms with van der Waals surface area (Å²) in [6, 6.07) is 20.8. The highest BCUT2D eigenvalue weighted by atomic mass is 16.8. The van der Waals surface area contributed by atoms with E-state index in [2.05, 4.69) is 23.1 Å². The summed E-state index contributed by atoms with van der Waals surface area (Å²) in [5, 5.41) is 0. The fourth-order valence-electron chi connectivity index (χ4n) is 1.05. The number of anilines is 2. The second-order valence-electron chi connectivity index (χ2n) is 2.86. The van der Waals surface area contributed by atoms with E-state index in [1.54, 1.807) is 12.1 Å². The van der Waals surface area contributed by atoms with Gasteiger partial charge in [-0.3, -0.25) is 0 Å². The van der Waals surface area contributed by atoms with E-state index < -0.39 is 0 Å². The minimum absolute atomic E-state index is 0.765. The topological polar surface area (TPSA) is 33.3 Å². The maximum atomic E-state index is 5.04. The highest BCUT2D eigenvalue weighted by molar-refractivity contribution is 5.41. The second kappa shape index (κ2) is 5.02. The van der Waals surface area contributed by atoms with Crippen molar-refractivity contribution in [2.24, 2.45) is 0 Å². The van der Waals surface area contributed by atoms with Gasteiger partial charge in [0, 0.05) is 12.1 Å². The first-order valence-electron chi connectivity index (χ1n) is 4.56. The van der Waals surface area contributed by atoms with Crippen LogP contribution in [0.25, 0.3) is 0 Å². The van der Waals surface area contributed by atoms with Gasteiger partial charge in [-0.25, -0.2) is 11.0 Å². The molecular formula is C12H10N2O. The number of hydrogen-bond donors (Lipinski definition) is 2. The first kappa shape index (κ1) is 9.55. The Balaban J connectivity index is 1.81. The zero-order chi connectivity index (χ0) is 10.3. The predicted octanol–water partition coefficient (Wildman–Crippen LogP) is 2.66. The zero-order valence-electron chi connectivity index (χ0n) is 8.03. The minimum atomic E-state index is 0.765. The van der Waals surface area contributed by atoms with E-state index in [0.29, 0.717) is 0 Å². The van der Waals surface area contributed by atoms with Crippen LogP contribution in [-0.4, -0.2) is 0 Å². The van der Waals surface area contributed by atoms with E-state index in [-0.39, 0.29) is 0 Å². The van der Waals surface area contributed by atoms with Crippen LogP contribution in [0.1, 0.15) is 0 Å². The van der Waals surface area contributed by atoms with Crippen molar-refractivity contribution in [2.45, 2.75) is 0 Å². The van der Waals surface area contributed by atoms with Crippen LogP contribution >= 0.6 is 0 Å². The standard InChI is InChI=1S/C12H10N2O/c1-3-7-11(8-4-1)13-15-14-12-9-5-2-6-10-12/h1-7,9,13-14H. The number of hydrogen-bond acceptors (Lipinski definition) is 3. The Kier molecular flexibility index (Phi) is 3.20.